The van der Waals surface area contributed by atoms with Crippen molar-refractivity contribution in [1.82, 2.24) is 15.0 Å². The molecule has 0 aliphatic heterocycles. The Balaban J connectivity index is 1.68. The van der Waals surface area contributed by atoms with Crippen molar-refractivity contribution in [3.05, 3.63) is 72.2 Å². The van der Waals surface area contributed by atoms with Crippen LogP contribution in [0.25, 0.3) is 0 Å². The van der Waals surface area contributed by atoms with Gasteiger partial charge in [-0.3, -0.25) is 4.98 Å². The van der Waals surface area contributed by atoms with Crippen LogP contribution in [0.1, 0.15) is 16.1 Å². The summed E-state index contributed by atoms with van der Waals surface area (Å²) in [7, 11) is 1.35. The molecule has 7 heteroatoms. The summed E-state index contributed by atoms with van der Waals surface area (Å²) in [4.78, 5) is 24.4. The van der Waals surface area contributed by atoms with Gasteiger partial charge in [0, 0.05) is 18.1 Å². The van der Waals surface area contributed by atoms with E-state index in [1.807, 2.05) is 24.3 Å². The Bertz CT molecular complexity index is 855. The number of aromatic nitrogens is 3. The Labute approximate surface area is 145 Å². The quantitative estimate of drug-likeness (QED) is 0.669. The average molecular weight is 335 g/mol. The van der Waals surface area contributed by atoms with Crippen LogP contribution in [0.2, 0.25) is 0 Å². The first-order valence-corrected chi connectivity index (χ1v) is 7.67. The van der Waals surface area contributed by atoms with E-state index in [1.165, 1.54) is 7.11 Å². The van der Waals surface area contributed by atoms with Gasteiger partial charge in [-0.1, -0.05) is 12.1 Å². The largest absolute Gasteiger partial charge is 0.465 e. The zero-order valence-electron chi connectivity index (χ0n) is 13.6. The van der Waals surface area contributed by atoms with Crippen molar-refractivity contribution in [2.24, 2.45) is 0 Å². The maximum atomic E-state index is 11.6. The number of nitrogens with zero attached hydrogens (tertiary/aromatic N) is 3. The number of nitrogens with one attached hydrogen (secondary N) is 2. The Morgan fingerprint density at radius 1 is 1.08 bits per heavy atom. The number of methoxy groups -OCH3 is 1. The lowest BCUT2D eigenvalue weighted by Gasteiger charge is -2.09. The molecule has 0 fully saturated rings. The van der Waals surface area contributed by atoms with E-state index in [1.54, 1.807) is 36.7 Å². The molecular weight excluding hydrogens is 318 g/mol. The molecule has 7 nitrogen and oxygen atoms in total. The zero-order chi connectivity index (χ0) is 17.5. The number of benzene rings is 1. The van der Waals surface area contributed by atoms with E-state index < -0.39 is 0 Å². The fourth-order valence-electron chi connectivity index (χ4n) is 2.18. The van der Waals surface area contributed by atoms with Gasteiger partial charge in [0.05, 0.1) is 24.9 Å². The summed E-state index contributed by atoms with van der Waals surface area (Å²) in [5.74, 6) is 0.712. The lowest BCUT2D eigenvalue weighted by Crippen LogP contribution is -2.06. The Morgan fingerprint density at radius 2 is 2.00 bits per heavy atom. The molecule has 25 heavy (non-hydrogen) atoms. The lowest BCUT2D eigenvalue weighted by molar-refractivity contribution is 0.0601. The molecule has 3 aromatic rings. The molecule has 0 saturated heterocycles. The molecule has 0 bridgehead atoms. The van der Waals surface area contributed by atoms with Gasteiger partial charge in [0.2, 0.25) is 5.95 Å². The second-order valence-corrected chi connectivity index (χ2v) is 5.14. The van der Waals surface area contributed by atoms with E-state index >= 15 is 0 Å². The minimum atomic E-state index is -0.385. The lowest BCUT2D eigenvalue weighted by atomic mass is 10.2. The second-order valence-electron chi connectivity index (χ2n) is 5.14. The van der Waals surface area contributed by atoms with Gasteiger partial charge in [0.1, 0.15) is 5.82 Å². The zero-order valence-corrected chi connectivity index (χ0v) is 13.6. The third-order valence-electron chi connectivity index (χ3n) is 3.37. The topological polar surface area (TPSA) is 89.0 Å². The predicted molar refractivity (Wildman–Crippen MR) is 94.7 cm³/mol. The van der Waals surface area contributed by atoms with Gasteiger partial charge >= 0.3 is 5.97 Å². The normalized spacial score (nSPS) is 10.1. The van der Waals surface area contributed by atoms with E-state index in [-0.39, 0.29) is 5.97 Å². The van der Waals surface area contributed by atoms with Crippen LogP contribution in [0, 0.1) is 0 Å². The molecule has 0 atom stereocenters. The maximum absolute atomic E-state index is 11.6. The number of carbonyl (C=O) groups excluding carboxylic acids is 1. The second kappa shape index (κ2) is 7.87. The van der Waals surface area contributed by atoms with Crippen molar-refractivity contribution in [2.45, 2.75) is 6.54 Å². The SMILES string of the molecule is COC(=O)c1cccc(Nc2ccnc(NCc3ccccn3)n2)c1. The molecule has 2 heterocycles. The third-order valence-corrected chi connectivity index (χ3v) is 3.37. The van der Waals surface area contributed by atoms with Gasteiger partial charge < -0.3 is 15.4 Å². The summed E-state index contributed by atoms with van der Waals surface area (Å²) >= 11 is 0. The summed E-state index contributed by atoms with van der Waals surface area (Å²) < 4.78 is 4.73. The van der Waals surface area contributed by atoms with Crippen LogP contribution in [-0.2, 0) is 11.3 Å². The van der Waals surface area contributed by atoms with E-state index in [4.69, 9.17) is 4.74 Å². The summed E-state index contributed by atoms with van der Waals surface area (Å²) in [5.41, 5.74) is 2.10. The third kappa shape index (κ3) is 4.51. The van der Waals surface area contributed by atoms with Gasteiger partial charge in [-0.05, 0) is 36.4 Å². The van der Waals surface area contributed by atoms with E-state index in [2.05, 4.69) is 25.6 Å². The molecule has 2 N–H and O–H groups in total. The average Bonchev–Trinajstić information content (AvgIpc) is 2.67. The molecule has 1 aromatic carbocycles. The number of hydrogen-bond acceptors (Lipinski definition) is 7. The molecule has 0 amide bonds. The van der Waals surface area contributed by atoms with E-state index in [0.717, 1.165) is 11.4 Å². The molecule has 0 unspecified atom stereocenters. The molecule has 0 aliphatic carbocycles. The first kappa shape index (κ1) is 16.4. The van der Waals surface area contributed by atoms with Crippen molar-refractivity contribution < 1.29 is 9.53 Å². The predicted octanol–water partition coefficient (Wildman–Crippen LogP) is 3.01. The molecule has 0 spiro atoms. The van der Waals surface area contributed by atoms with Gasteiger partial charge in [-0.2, -0.15) is 4.98 Å². The van der Waals surface area contributed by atoms with Crippen LogP contribution in [0.5, 0.6) is 0 Å². The highest BCUT2D eigenvalue weighted by Crippen LogP contribution is 2.17. The molecule has 0 radical (unpaired) electrons. The monoisotopic (exact) mass is 335 g/mol. The number of hydrogen-bond donors (Lipinski definition) is 2. The highest BCUT2D eigenvalue weighted by atomic mass is 16.5. The van der Waals surface area contributed by atoms with Crippen molar-refractivity contribution in [3.63, 3.8) is 0 Å². The molecule has 0 aliphatic rings. The van der Waals surface area contributed by atoms with Crippen LogP contribution in [-0.4, -0.2) is 28.0 Å². The summed E-state index contributed by atoms with van der Waals surface area (Å²) in [6.07, 6.45) is 3.39. The maximum Gasteiger partial charge on any atom is 0.337 e. The van der Waals surface area contributed by atoms with Gasteiger partial charge in [-0.25, -0.2) is 9.78 Å². The number of esters is 1. The smallest absolute Gasteiger partial charge is 0.337 e. The first-order valence-electron chi connectivity index (χ1n) is 7.67. The number of anilines is 3. The Morgan fingerprint density at radius 3 is 2.80 bits per heavy atom. The van der Waals surface area contributed by atoms with Crippen molar-refractivity contribution in [3.8, 4) is 0 Å². The summed E-state index contributed by atoms with van der Waals surface area (Å²) in [6.45, 7) is 0.530. The fraction of sp³-hybridized carbons (Fsp3) is 0.111. The minimum Gasteiger partial charge on any atom is -0.465 e. The van der Waals surface area contributed by atoms with Crippen molar-refractivity contribution in [1.29, 1.82) is 0 Å². The molecule has 126 valence electrons. The number of carbonyl (C=O) groups is 1. The van der Waals surface area contributed by atoms with Crippen LogP contribution >= 0.6 is 0 Å². The van der Waals surface area contributed by atoms with Gasteiger partial charge in [-0.15, -0.1) is 0 Å². The standard InChI is InChI=1S/C18H17N5O2/c1-25-17(24)13-5-4-7-14(11-13)22-16-8-10-20-18(23-16)21-12-15-6-2-3-9-19-15/h2-11H,12H2,1H3,(H2,20,21,22,23). The van der Waals surface area contributed by atoms with Crippen LogP contribution in [0.15, 0.2) is 60.9 Å². The molecule has 2 aromatic heterocycles. The van der Waals surface area contributed by atoms with Crippen LogP contribution < -0.4 is 10.6 Å². The Kier molecular flexibility index (Phi) is 5.16. The summed E-state index contributed by atoms with van der Waals surface area (Å²) in [6, 6.07) is 14.5. The molecule has 3 rings (SSSR count). The van der Waals surface area contributed by atoms with Crippen molar-refractivity contribution >= 4 is 23.4 Å². The minimum absolute atomic E-state index is 0.385. The van der Waals surface area contributed by atoms with E-state index in [0.29, 0.717) is 23.9 Å². The Hall–Kier alpha value is -3.48. The molecule has 0 saturated carbocycles. The highest BCUT2D eigenvalue weighted by molar-refractivity contribution is 5.90. The van der Waals surface area contributed by atoms with Gasteiger partial charge in [0.25, 0.3) is 0 Å². The number of rotatable bonds is 6. The number of pyridine rings is 1. The fourth-order valence-corrected chi connectivity index (χ4v) is 2.18. The van der Waals surface area contributed by atoms with Gasteiger partial charge in [0.15, 0.2) is 0 Å². The molecular formula is C18H17N5O2. The van der Waals surface area contributed by atoms with Crippen LogP contribution in [0.4, 0.5) is 17.5 Å². The highest BCUT2D eigenvalue weighted by Gasteiger charge is 2.06. The summed E-state index contributed by atoms with van der Waals surface area (Å²) in [5, 5.41) is 6.27. The van der Waals surface area contributed by atoms with Crippen LogP contribution in [0.3, 0.4) is 0 Å². The van der Waals surface area contributed by atoms with E-state index in [9.17, 15) is 4.79 Å². The van der Waals surface area contributed by atoms with Crippen molar-refractivity contribution in [2.75, 3.05) is 17.7 Å². The number of ether oxygens (including phenoxy) is 1. The first-order chi connectivity index (χ1) is 12.2.